The number of imidazole rings is 1. The Kier molecular flexibility index (Phi) is 5.88. The maximum Gasteiger partial charge on any atom is 0.341 e. The number of fused-ring (bicyclic) bond motifs is 4. The number of rotatable bonds is 6. The zero-order valence-corrected chi connectivity index (χ0v) is 20.3. The molecule has 33 heavy (non-hydrogen) atoms. The van der Waals surface area contributed by atoms with Crippen LogP contribution in [0.15, 0.2) is 29.4 Å². The minimum atomic E-state index is -0.439. The average Bonchev–Trinajstić information content (AvgIpc) is 3.45. The highest BCUT2D eigenvalue weighted by Crippen LogP contribution is 2.40. The number of thiophene rings is 1. The van der Waals surface area contributed by atoms with Gasteiger partial charge < -0.3 is 10.1 Å². The van der Waals surface area contributed by atoms with Crippen molar-refractivity contribution in [3.63, 3.8) is 0 Å². The molecule has 172 valence electrons. The first kappa shape index (κ1) is 22.0. The van der Waals surface area contributed by atoms with E-state index in [0.29, 0.717) is 34.0 Å². The van der Waals surface area contributed by atoms with Crippen molar-refractivity contribution in [2.24, 2.45) is 5.92 Å². The number of thioether (sulfide) groups is 1. The number of para-hydroxylation sites is 2. The highest BCUT2D eigenvalue weighted by Gasteiger charge is 2.30. The second-order valence-corrected chi connectivity index (χ2v) is 10.7. The number of carbonyl (C=O) groups excluding carboxylic acids is 2. The van der Waals surface area contributed by atoms with Crippen LogP contribution in [0.2, 0.25) is 0 Å². The van der Waals surface area contributed by atoms with Gasteiger partial charge in [0.15, 0.2) is 5.16 Å². The fraction of sp³-hybridized carbons (Fsp3) is 0.391. The third-order valence-electron chi connectivity index (χ3n) is 5.88. The molecule has 2 N–H and O–H groups in total. The lowest BCUT2D eigenvalue weighted by molar-refractivity contribution is -0.115. The predicted octanol–water partition coefficient (Wildman–Crippen LogP) is 4.69. The van der Waals surface area contributed by atoms with Crippen LogP contribution in [-0.2, 0) is 22.4 Å². The first-order chi connectivity index (χ1) is 16.0. The first-order valence-electron chi connectivity index (χ1n) is 11.1. The number of anilines is 1. The van der Waals surface area contributed by atoms with Crippen molar-refractivity contribution >= 4 is 56.8 Å². The quantitative estimate of drug-likeness (QED) is 0.305. The lowest BCUT2D eigenvalue weighted by Gasteiger charge is -2.18. The van der Waals surface area contributed by atoms with Crippen LogP contribution in [0.4, 0.5) is 5.00 Å². The normalized spacial score (nSPS) is 16.6. The minimum Gasteiger partial charge on any atom is -0.462 e. The van der Waals surface area contributed by atoms with Gasteiger partial charge in [-0.25, -0.2) is 14.9 Å². The summed E-state index contributed by atoms with van der Waals surface area (Å²) in [5.74, 6) is 0.657. The molecule has 8 nitrogen and oxygen atoms in total. The van der Waals surface area contributed by atoms with E-state index in [9.17, 15) is 9.59 Å². The summed E-state index contributed by atoms with van der Waals surface area (Å²) in [6, 6.07) is 7.80. The van der Waals surface area contributed by atoms with Crippen molar-refractivity contribution in [2.45, 2.75) is 50.4 Å². The Morgan fingerprint density at radius 3 is 3.03 bits per heavy atom. The molecule has 0 radical (unpaired) electrons. The fourth-order valence-electron chi connectivity index (χ4n) is 4.20. The average molecular weight is 484 g/mol. The largest absolute Gasteiger partial charge is 0.462 e. The molecular formula is C23H25N5O3S2. The van der Waals surface area contributed by atoms with Gasteiger partial charge >= 0.3 is 5.97 Å². The van der Waals surface area contributed by atoms with Gasteiger partial charge in [-0.2, -0.15) is 0 Å². The monoisotopic (exact) mass is 483 g/mol. The van der Waals surface area contributed by atoms with Crippen LogP contribution >= 0.6 is 23.1 Å². The molecule has 2 atom stereocenters. The molecule has 3 heterocycles. The van der Waals surface area contributed by atoms with Gasteiger partial charge in [-0.15, -0.1) is 16.4 Å². The number of hydrogen-bond donors (Lipinski definition) is 2. The van der Waals surface area contributed by atoms with Crippen molar-refractivity contribution in [1.82, 2.24) is 19.6 Å². The molecule has 1 aromatic carbocycles. The van der Waals surface area contributed by atoms with Gasteiger partial charge in [-0.1, -0.05) is 30.8 Å². The Morgan fingerprint density at radius 2 is 2.21 bits per heavy atom. The molecule has 0 bridgehead atoms. The Balaban J connectivity index is 1.40. The van der Waals surface area contributed by atoms with Crippen LogP contribution in [0.25, 0.3) is 16.8 Å². The zero-order chi connectivity index (χ0) is 23.1. The van der Waals surface area contributed by atoms with Gasteiger partial charge in [0, 0.05) is 4.88 Å². The molecular weight excluding hydrogens is 458 g/mol. The Hall–Kier alpha value is -2.85. The molecule has 5 rings (SSSR count). The molecule has 0 fully saturated rings. The number of ether oxygens (including phenoxy) is 1. The lowest BCUT2D eigenvalue weighted by atomic mass is 9.88. The number of aromatic amines is 1. The topological polar surface area (TPSA) is 101 Å². The standard InChI is InChI=1S/C23H25N5O3S2/c1-4-31-21(30)18-14-10-9-12(2)11-17(14)33-20(18)25-19(29)13(3)32-23-27-26-22-24-15-7-5-6-8-16(15)28(22)23/h5-8,12-13H,4,9-11H2,1-3H3,(H,24,26)(H,25,29). The van der Waals surface area contributed by atoms with E-state index in [1.165, 1.54) is 28.0 Å². The van der Waals surface area contributed by atoms with E-state index in [4.69, 9.17) is 4.74 Å². The van der Waals surface area contributed by atoms with Crippen molar-refractivity contribution < 1.29 is 14.3 Å². The van der Waals surface area contributed by atoms with E-state index < -0.39 is 5.25 Å². The van der Waals surface area contributed by atoms with Gasteiger partial charge in [-0.3, -0.25) is 9.20 Å². The summed E-state index contributed by atoms with van der Waals surface area (Å²) in [6.07, 6.45) is 2.79. The lowest BCUT2D eigenvalue weighted by Crippen LogP contribution is -2.23. The third-order valence-corrected chi connectivity index (χ3v) is 8.11. The van der Waals surface area contributed by atoms with Gasteiger partial charge in [0.2, 0.25) is 11.7 Å². The second-order valence-electron chi connectivity index (χ2n) is 8.29. The van der Waals surface area contributed by atoms with E-state index in [1.54, 1.807) is 6.92 Å². The van der Waals surface area contributed by atoms with Crippen molar-refractivity contribution in [1.29, 1.82) is 0 Å². The minimum absolute atomic E-state index is 0.183. The molecule has 2 unspecified atom stereocenters. The molecule has 1 aliphatic rings. The molecule has 1 aliphatic carbocycles. The van der Waals surface area contributed by atoms with E-state index in [1.807, 2.05) is 35.6 Å². The smallest absolute Gasteiger partial charge is 0.341 e. The zero-order valence-electron chi connectivity index (χ0n) is 18.7. The Morgan fingerprint density at radius 1 is 1.39 bits per heavy atom. The Labute approximate surface area is 199 Å². The number of esters is 1. The van der Waals surface area contributed by atoms with E-state index >= 15 is 0 Å². The van der Waals surface area contributed by atoms with Crippen molar-refractivity contribution in [3.05, 3.63) is 40.3 Å². The summed E-state index contributed by atoms with van der Waals surface area (Å²) in [6.45, 7) is 6.14. The van der Waals surface area contributed by atoms with Crippen LogP contribution < -0.4 is 5.32 Å². The van der Waals surface area contributed by atoms with E-state index in [-0.39, 0.29) is 11.9 Å². The second kappa shape index (κ2) is 8.83. The highest BCUT2D eigenvalue weighted by atomic mass is 32.2. The van der Waals surface area contributed by atoms with Crippen LogP contribution in [0.5, 0.6) is 0 Å². The molecule has 0 saturated heterocycles. The summed E-state index contributed by atoms with van der Waals surface area (Å²) in [7, 11) is 0. The van der Waals surface area contributed by atoms with Gasteiger partial charge in [0.05, 0.1) is 28.5 Å². The van der Waals surface area contributed by atoms with Crippen LogP contribution in [0, 0.1) is 5.92 Å². The number of hydrogen-bond acceptors (Lipinski definition) is 7. The van der Waals surface area contributed by atoms with E-state index in [0.717, 1.165) is 35.9 Å². The fourth-order valence-corrected chi connectivity index (χ4v) is 6.48. The first-order valence-corrected chi connectivity index (χ1v) is 12.8. The molecule has 4 aromatic rings. The van der Waals surface area contributed by atoms with E-state index in [2.05, 4.69) is 27.4 Å². The third kappa shape index (κ3) is 4.02. The maximum absolute atomic E-state index is 13.1. The number of H-pyrrole nitrogens is 1. The summed E-state index contributed by atoms with van der Waals surface area (Å²) in [5.41, 5.74) is 3.35. The summed E-state index contributed by atoms with van der Waals surface area (Å²) in [5, 5.41) is 11.1. The highest BCUT2D eigenvalue weighted by molar-refractivity contribution is 8.00. The molecule has 1 amide bonds. The number of amides is 1. The van der Waals surface area contributed by atoms with Crippen LogP contribution in [0.1, 0.15) is 48.0 Å². The Bertz CT molecular complexity index is 1360. The SMILES string of the molecule is CCOC(=O)c1c(NC(=O)C(C)Sc2n[nH]c3nc4ccccc4n23)sc2c1CCC(C)C2. The van der Waals surface area contributed by atoms with Gasteiger partial charge in [0.1, 0.15) is 5.00 Å². The number of benzene rings is 1. The maximum atomic E-state index is 13.1. The van der Waals surface area contributed by atoms with Crippen LogP contribution in [0.3, 0.4) is 0 Å². The summed E-state index contributed by atoms with van der Waals surface area (Å²) >= 11 is 2.84. The van der Waals surface area contributed by atoms with Crippen molar-refractivity contribution in [3.8, 4) is 0 Å². The van der Waals surface area contributed by atoms with Gasteiger partial charge in [-0.05, 0) is 56.7 Å². The predicted molar refractivity (Wildman–Crippen MR) is 130 cm³/mol. The summed E-state index contributed by atoms with van der Waals surface area (Å²) in [4.78, 5) is 31.6. The number of nitrogens with zero attached hydrogens (tertiary/aromatic N) is 3. The summed E-state index contributed by atoms with van der Waals surface area (Å²) < 4.78 is 7.23. The number of carbonyl (C=O) groups is 2. The van der Waals surface area contributed by atoms with Crippen molar-refractivity contribution in [2.75, 3.05) is 11.9 Å². The number of nitrogens with one attached hydrogen (secondary N) is 2. The number of aromatic nitrogens is 4. The molecule has 3 aromatic heterocycles. The molecule has 0 aliphatic heterocycles. The van der Waals surface area contributed by atoms with Gasteiger partial charge in [0.25, 0.3) is 0 Å². The molecule has 0 saturated carbocycles. The van der Waals surface area contributed by atoms with Crippen LogP contribution in [-0.4, -0.2) is 43.3 Å². The molecule has 10 heteroatoms. The molecule has 0 spiro atoms.